The molecule has 1 fully saturated rings. The Morgan fingerprint density at radius 1 is 1.30 bits per heavy atom. The number of hydrogen-bond acceptors (Lipinski definition) is 3. The minimum Gasteiger partial charge on any atom is -0.496 e. The summed E-state index contributed by atoms with van der Waals surface area (Å²) < 4.78 is 5.53. The maximum atomic E-state index is 5.53. The monoisotopic (exact) mass is 293 g/mol. The number of nitrogens with one attached hydrogen (secondary N) is 1. The summed E-state index contributed by atoms with van der Waals surface area (Å²) in [5.74, 6) is 1.00. The van der Waals surface area contributed by atoms with Crippen LogP contribution >= 0.6 is 11.8 Å². The molecule has 1 N–H and O–H groups in total. The summed E-state index contributed by atoms with van der Waals surface area (Å²) in [5.41, 5.74) is 1.29. The van der Waals surface area contributed by atoms with Crippen LogP contribution < -0.4 is 10.1 Å². The van der Waals surface area contributed by atoms with Gasteiger partial charge >= 0.3 is 0 Å². The lowest BCUT2D eigenvalue weighted by atomic mass is 9.92. The first-order valence-electron chi connectivity index (χ1n) is 7.71. The van der Waals surface area contributed by atoms with Gasteiger partial charge in [0.25, 0.3) is 0 Å². The van der Waals surface area contributed by atoms with E-state index in [2.05, 4.69) is 36.7 Å². The van der Waals surface area contributed by atoms with Gasteiger partial charge in [0.05, 0.1) is 7.11 Å². The van der Waals surface area contributed by atoms with Crippen LogP contribution in [0.1, 0.15) is 50.6 Å². The van der Waals surface area contributed by atoms with E-state index in [-0.39, 0.29) is 0 Å². The van der Waals surface area contributed by atoms with Crippen LogP contribution in [0.15, 0.2) is 24.3 Å². The van der Waals surface area contributed by atoms with E-state index < -0.39 is 0 Å². The smallest absolute Gasteiger partial charge is 0.123 e. The standard InChI is InChI=1S/C17H27NOS/c1-4-14(13-9-5-7-11-16(13)19-2)18-15-10-6-8-12-17(15)20-3/h5,7,9,11,14-15,17-18H,4,6,8,10,12H2,1-3H3. The van der Waals surface area contributed by atoms with Crippen molar-refractivity contribution in [3.05, 3.63) is 29.8 Å². The van der Waals surface area contributed by atoms with Gasteiger partial charge in [0, 0.05) is 22.9 Å². The van der Waals surface area contributed by atoms with Crippen molar-refractivity contribution in [2.75, 3.05) is 13.4 Å². The van der Waals surface area contributed by atoms with Gasteiger partial charge in [0.1, 0.15) is 5.75 Å². The maximum Gasteiger partial charge on any atom is 0.123 e. The second kappa shape index (κ2) is 7.94. The summed E-state index contributed by atoms with van der Waals surface area (Å²) >= 11 is 2.02. The lowest BCUT2D eigenvalue weighted by molar-refractivity contribution is 0.334. The van der Waals surface area contributed by atoms with Crippen molar-refractivity contribution in [1.29, 1.82) is 0 Å². The highest BCUT2D eigenvalue weighted by Crippen LogP contribution is 2.32. The Morgan fingerprint density at radius 2 is 2.05 bits per heavy atom. The van der Waals surface area contributed by atoms with Crippen molar-refractivity contribution in [2.45, 2.75) is 56.4 Å². The molecule has 0 aromatic heterocycles. The summed E-state index contributed by atoms with van der Waals surface area (Å²) in [6.07, 6.45) is 8.73. The van der Waals surface area contributed by atoms with Gasteiger partial charge in [-0.15, -0.1) is 0 Å². The van der Waals surface area contributed by atoms with Crippen LogP contribution in [0, 0.1) is 0 Å². The Balaban J connectivity index is 2.11. The van der Waals surface area contributed by atoms with E-state index in [9.17, 15) is 0 Å². The van der Waals surface area contributed by atoms with E-state index in [1.165, 1.54) is 31.2 Å². The Morgan fingerprint density at radius 3 is 2.75 bits per heavy atom. The topological polar surface area (TPSA) is 21.3 Å². The van der Waals surface area contributed by atoms with E-state index in [0.29, 0.717) is 12.1 Å². The third-order valence-corrected chi connectivity index (χ3v) is 5.51. The fourth-order valence-corrected chi connectivity index (χ4v) is 4.16. The first-order chi connectivity index (χ1) is 9.80. The van der Waals surface area contributed by atoms with Gasteiger partial charge in [-0.1, -0.05) is 38.0 Å². The SMILES string of the molecule is CCC(NC1CCCCC1SC)c1ccccc1OC. The molecule has 0 radical (unpaired) electrons. The van der Waals surface area contributed by atoms with E-state index in [4.69, 9.17) is 4.74 Å². The first kappa shape index (κ1) is 15.7. The fraction of sp³-hybridized carbons (Fsp3) is 0.647. The molecule has 0 amide bonds. The Bertz CT molecular complexity index is 410. The van der Waals surface area contributed by atoms with E-state index in [1.54, 1.807) is 7.11 Å². The molecule has 112 valence electrons. The molecule has 3 unspecified atom stereocenters. The number of benzene rings is 1. The number of methoxy groups -OCH3 is 1. The molecule has 3 heteroatoms. The van der Waals surface area contributed by atoms with Crippen molar-refractivity contribution in [3.63, 3.8) is 0 Å². The average Bonchev–Trinajstić information content (AvgIpc) is 2.53. The molecule has 0 aliphatic heterocycles. The second-order valence-corrected chi connectivity index (χ2v) is 6.61. The predicted molar refractivity (Wildman–Crippen MR) is 88.7 cm³/mol. The quantitative estimate of drug-likeness (QED) is 0.839. The minimum absolute atomic E-state index is 0.392. The van der Waals surface area contributed by atoms with Crippen LogP contribution in [0.2, 0.25) is 0 Å². The fourth-order valence-electron chi connectivity index (χ4n) is 3.21. The van der Waals surface area contributed by atoms with Crippen molar-refractivity contribution < 1.29 is 4.74 Å². The number of ether oxygens (including phenoxy) is 1. The van der Waals surface area contributed by atoms with E-state index >= 15 is 0 Å². The zero-order valence-corrected chi connectivity index (χ0v) is 13.7. The van der Waals surface area contributed by atoms with E-state index in [1.807, 2.05) is 17.8 Å². The minimum atomic E-state index is 0.392. The number of rotatable bonds is 6. The molecule has 0 heterocycles. The number of para-hydroxylation sites is 1. The summed E-state index contributed by atoms with van der Waals surface area (Å²) in [6, 6.07) is 9.43. The highest BCUT2D eigenvalue weighted by molar-refractivity contribution is 7.99. The van der Waals surface area contributed by atoms with Gasteiger partial charge in [-0.05, 0) is 31.6 Å². The second-order valence-electron chi connectivity index (χ2n) is 5.53. The van der Waals surface area contributed by atoms with Crippen molar-refractivity contribution in [3.8, 4) is 5.75 Å². The summed E-state index contributed by atoms with van der Waals surface area (Å²) in [6.45, 7) is 2.25. The maximum absolute atomic E-state index is 5.53. The Hall–Kier alpha value is -0.670. The van der Waals surface area contributed by atoms with Crippen LogP contribution in [0.3, 0.4) is 0 Å². The molecule has 1 saturated carbocycles. The largest absolute Gasteiger partial charge is 0.496 e. The summed E-state index contributed by atoms with van der Waals surface area (Å²) in [7, 11) is 1.76. The molecule has 1 aliphatic carbocycles. The molecule has 20 heavy (non-hydrogen) atoms. The molecule has 1 aromatic carbocycles. The molecule has 0 saturated heterocycles. The predicted octanol–water partition coefficient (Wildman–Crippen LogP) is 4.41. The average molecular weight is 293 g/mol. The molecule has 1 aliphatic rings. The first-order valence-corrected chi connectivity index (χ1v) is 9.00. The Labute approximate surface area is 127 Å². The molecular formula is C17H27NOS. The Kier molecular flexibility index (Phi) is 6.24. The van der Waals surface area contributed by atoms with Gasteiger partial charge in [-0.25, -0.2) is 0 Å². The summed E-state index contributed by atoms with van der Waals surface area (Å²) in [5, 5.41) is 4.65. The van der Waals surface area contributed by atoms with Gasteiger partial charge < -0.3 is 10.1 Å². The van der Waals surface area contributed by atoms with Gasteiger partial charge in [-0.3, -0.25) is 0 Å². The number of thioether (sulfide) groups is 1. The molecule has 1 aromatic rings. The van der Waals surface area contributed by atoms with Crippen LogP contribution in [-0.4, -0.2) is 24.7 Å². The normalized spacial score (nSPS) is 24.4. The van der Waals surface area contributed by atoms with Crippen molar-refractivity contribution >= 4 is 11.8 Å². The van der Waals surface area contributed by atoms with Gasteiger partial charge in [0.2, 0.25) is 0 Å². The van der Waals surface area contributed by atoms with Crippen LogP contribution in [0.25, 0.3) is 0 Å². The molecular weight excluding hydrogens is 266 g/mol. The summed E-state index contributed by atoms with van der Waals surface area (Å²) in [4.78, 5) is 0. The molecule has 0 bridgehead atoms. The van der Waals surface area contributed by atoms with Gasteiger partial charge in [-0.2, -0.15) is 11.8 Å². The van der Waals surface area contributed by atoms with Crippen LogP contribution in [0.5, 0.6) is 5.75 Å². The van der Waals surface area contributed by atoms with Crippen molar-refractivity contribution in [2.24, 2.45) is 0 Å². The van der Waals surface area contributed by atoms with Gasteiger partial charge in [0.15, 0.2) is 0 Å². The highest BCUT2D eigenvalue weighted by Gasteiger charge is 2.27. The van der Waals surface area contributed by atoms with E-state index in [0.717, 1.165) is 17.4 Å². The van der Waals surface area contributed by atoms with Crippen molar-refractivity contribution in [1.82, 2.24) is 5.32 Å². The zero-order chi connectivity index (χ0) is 14.4. The third kappa shape index (κ3) is 3.70. The molecule has 2 rings (SSSR count). The molecule has 0 spiro atoms. The van der Waals surface area contributed by atoms with Crippen LogP contribution in [0.4, 0.5) is 0 Å². The molecule has 3 atom stereocenters. The third-order valence-electron chi connectivity index (χ3n) is 4.34. The lowest BCUT2D eigenvalue weighted by Gasteiger charge is -2.34. The zero-order valence-electron chi connectivity index (χ0n) is 12.9. The molecule has 2 nitrogen and oxygen atoms in total. The highest BCUT2D eigenvalue weighted by atomic mass is 32.2. The lowest BCUT2D eigenvalue weighted by Crippen LogP contribution is -2.42. The van der Waals surface area contributed by atoms with Crippen LogP contribution in [-0.2, 0) is 0 Å². The number of hydrogen-bond donors (Lipinski definition) is 1.